The quantitative estimate of drug-likeness (QED) is 0.473. The normalized spacial score (nSPS) is 19.3. The zero-order chi connectivity index (χ0) is 8.65. The fraction of sp³-hybridized carbons (Fsp3) is 0.667. The Labute approximate surface area is 72.1 Å². The van der Waals surface area contributed by atoms with Gasteiger partial charge in [-0.15, -0.1) is 0 Å². The van der Waals surface area contributed by atoms with Crippen molar-refractivity contribution in [2.75, 3.05) is 13.2 Å². The number of carbonyl (C=O) groups excluding carboxylic acids is 1. The summed E-state index contributed by atoms with van der Waals surface area (Å²) in [6.07, 6.45) is 8.14. The van der Waals surface area contributed by atoms with Crippen LogP contribution in [0.2, 0.25) is 0 Å². The average Bonchev–Trinajstić information content (AvgIpc) is 2.14. The molecule has 0 aromatic carbocycles. The van der Waals surface area contributed by atoms with Gasteiger partial charge in [0.15, 0.2) is 0 Å². The van der Waals surface area contributed by atoms with Gasteiger partial charge in [0.1, 0.15) is 0 Å². The molecule has 3 heteroatoms. The van der Waals surface area contributed by atoms with E-state index in [-0.39, 0.29) is 0 Å². The lowest BCUT2D eigenvalue weighted by atomic mass is 9.97. The van der Waals surface area contributed by atoms with E-state index in [1.165, 1.54) is 12.3 Å². The minimum absolute atomic E-state index is 0.705. The monoisotopic (exact) mass is 167 g/mol. The molecule has 0 bridgehead atoms. The van der Waals surface area contributed by atoms with Gasteiger partial charge in [-0.25, -0.2) is 4.79 Å². The fourth-order valence-corrected chi connectivity index (χ4v) is 1.32. The van der Waals surface area contributed by atoms with Gasteiger partial charge in [-0.1, -0.05) is 6.08 Å². The first-order valence-corrected chi connectivity index (χ1v) is 4.23. The minimum atomic E-state index is 0.705. The van der Waals surface area contributed by atoms with Crippen molar-refractivity contribution in [3.8, 4) is 0 Å². The number of ether oxygens (including phenoxy) is 1. The molecule has 1 aliphatic heterocycles. The lowest BCUT2D eigenvalue weighted by Gasteiger charge is -2.20. The molecule has 0 aromatic rings. The van der Waals surface area contributed by atoms with Crippen LogP contribution < -0.4 is 0 Å². The van der Waals surface area contributed by atoms with Gasteiger partial charge >= 0.3 is 0 Å². The van der Waals surface area contributed by atoms with Crippen LogP contribution >= 0.6 is 0 Å². The molecule has 1 rings (SSSR count). The first-order valence-electron chi connectivity index (χ1n) is 4.23. The third kappa shape index (κ3) is 3.46. The van der Waals surface area contributed by atoms with Crippen LogP contribution in [0.3, 0.4) is 0 Å². The molecule has 0 aromatic heterocycles. The highest BCUT2D eigenvalue weighted by Gasteiger charge is 2.11. The number of allylic oxidation sites excluding steroid dienone is 1. The van der Waals surface area contributed by atoms with Gasteiger partial charge in [-0.3, -0.25) is 0 Å². The van der Waals surface area contributed by atoms with Crippen molar-refractivity contribution < 1.29 is 9.53 Å². The number of hydrogen-bond donors (Lipinski definition) is 0. The summed E-state index contributed by atoms with van der Waals surface area (Å²) in [5.74, 6) is 0.705. The lowest BCUT2D eigenvalue weighted by molar-refractivity contribution is 0.0672. The Morgan fingerprint density at radius 1 is 1.50 bits per heavy atom. The molecule has 0 unspecified atom stereocenters. The maximum absolute atomic E-state index is 9.69. The summed E-state index contributed by atoms with van der Waals surface area (Å²) in [6.45, 7) is 1.74. The van der Waals surface area contributed by atoms with E-state index in [0.717, 1.165) is 32.5 Å². The van der Waals surface area contributed by atoms with Crippen molar-refractivity contribution in [3.63, 3.8) is 0 Å². The van der Waals surface area contributed by atoms with Crippen LogP contribution in [0.15, 0.2) is 17.3 Å². The van der Waals surface area contributed by atoms with E-state index in [1.807, 2.05) is 6.08 Å². The van der Waals surface area contributed by atoms with Gasteiger partial charge in [0.05, 0.1) is 0 Å². The zero-order valence-corrected chi connectivity index (χ0v) is 7.03. The standard InChI is InChI=1S/C9H13NO2/c11-8-10-5-1-2-9-3-6-12-7-4-9/h1,5,9H,2-4,6-7H2/b5-1-. The molecule has 1 fully saturated rings. The number of isocyanates is 1. The molecule has 0 aliphatic carbocycles. The van der Waals surface area contributed by atoms with Crippen LogP contribution in [-0.2, 0) is 9.53 Å². The van der Waals surface area contributed by atoms with E-state index in [2.05, 4.69) is 4.99 Å². The van der Waals surface area contributed by atoms with Gasteiger partial charge in [0.2, 0.25) is 6.08 Å². The van der Waals surface area contributed by atoms with Gasteiger partial charge in [0.25, 0.3) is 0 Å². The highest BCUT2D eigenvalue weighted by molar-refractivity contribution is 5.34. The number of aliphatic imine (C=N–C) groups is 1. The summed E-state index contributed by atoms with van der Waals surface area (Å²) in [4.78, 5) is 13.0. The summed E-state index contributed by atoms with van der Waals surface area (Å²) in [5, 5.41) is 0. The van der Waals surface area contributed by atoms with Crippen molar-refractivity contribution in [1.29, 1.82) is 0 Å². The minimum Gasteiger partial charge on any atom is -0.381 e. The van der Waals surface area contributed by atoms with E-state index in [1.54, 1.807) is 0 Å². The summed E-state index contributed by atoms with van der Waals surface area (Å²) < 4.78 is 5.22. The van der Waals surface area contributed by atoms with Gasteiger partial charge in [0, 0.05) is 19.4 Å². The predicted molar refractivity (Wildman–Crippen MR) is 45.4 cm³/mol. The Morgan fingerprint density at radius 2 is 2.25 bits per heavy atom. The van der Waals surface area contributed by atoms with Gasteiger partial charge < -0.3 is 4.74 Å². The van der Waals surface area contributed by atoms with E-state index in [9.17, 15) is 4.79 Å². The fourth-order valence-electron chi connectivity index (χ4n) is 1.32. The number of hydrogen-bond acceptors (Lipinski definition) is 3. The maximum Gasteiger partial charge on any atom is 0.239 e. The van der Waals surface area contributed by atoms with Crippen molar-refractivity contribution in [2.24, 2.45) is 10.9 Å². The van der Waals surface area contributed by atoms with Crippen LogP contribution in [0.1, 0.15) is 19.3 Å². The Hall–Kier alpha value is -0.920. The molecule has 0 saturated carbocycles. The Morgan fingerprint density at radius 3 is 2.92 bits per heavy atom. The molecular formula is C9H13NO2. The molecule has 1 saturated heterocycles. The molecular weight excluding hydrogens is 154 g/mol. The number of nitrogens with zero attached hydrogens (tertiary/aromatic N) is 1. The molecule has 0 N–H and O–H groups in total. The van der Waals surface area contributed by atoms with Crippen LogP contribution in [0, 0.1) is 5.92 Å². The van der Waals surface area contributed by atoms with E-state index < -0.39 is 0 Å². The molecule has 66 valence electrons. The average molecular weight is 167 g/mol. The SMILES string of the molecule is O=C=N/C=C\CC1CCOCC1. The molecule has 1 aliphatic rings. The van der Waals surface area contributed by atoms with E-state index in [0.29, 0.717) is 5.92 Å². The number of rotatable bonds is 3. The second-order valence-electron chi connectivity index (χ2n) is 2.90. The van der Waals surface area contributed by atoms with E-state index in [4.69, 9.17) is 4.74 Å². The Bertz CT molecular complexity index is 189. The zero-order valence-electron chi connectivity index (χ0n) is 7.03. The first-order chi connectivity index (χ1) is 5.93. The summed E-state index contributed by atoms with van der Waals surface area (Å²) in [5.41, 5.74) is 0. The van der Waals surface area contributed by atoms with Crippen molar-refractivity contribution in [3.05, 3.63) is 12.3 Å². The van der Waals surface area contributed by atoms with Crippen LogP contribution in [0.5, 0.6) is 0 Å². The van der Waals surface area contributed by atoms with Gasteiger partial charge in [-0.05, 0) is 25.2 Å². The van der Waals surface area contributed by atoms with Gasteiger partial charge in [-0.2, -0.15) is 4.99 Å². The molecule has 0 amide bonds. The Kier molecular flexibility index (Phi) is 4.35. The third-order valence-corrected chi connectivity index (χ3v) is 2.04. The highest BCUT2D eigenvalue weighted by Crippen LogP contribution is 2.18. The van der Waals surface area contributed by atoms with Crippen molar-refractivity contribution >= 4 is 6.08 Å². The molecule has 0 spiro atoms. The van der Waals surface area contributed by atoms with E-state index >= 15 is 0 Å². The lowest BCUT2D eigenvalue weighted by Crippen LogP contribution is -2.14. The third-order valence-electron chi connectivity index (χ3n) is 2.04. The van der Waals surface area contributed by atoms with Crippen LogP contribution in [-0.4, -0.2) is 19.3 Å². The topological polar surface area (TPSA) is 38.7 Å². The molecule has 12 heavy (non-hydrogen) atoms. The summed E-state index contributed by atoms with van der Waals surface area (Å²) in [7, 11) is 0. The smallest absolute Gasteiger partial charge is 0.239 e. The Balaban J connectivity index is 2.16. The predicted octanol–water partition coefficient (Wildman–Crippen LogP) is 1.65. The first kappa shape index (κ1) is 9.17. The molecule has 0 atom stereocenters. The molecule has 0 radical (unpaired) electrons. The van der Waals surface area contributed by atoms with Crippen molar-refractivity contribution in [2.45, 2.75) is 19.3 Å². The molecule has 3 nitrogen and oxygen atoms in total. The largest absolute Gasteiger partial charge is 0.381 e. The molecule has 1 heterocycles. The van der Waals surface area contributed by atoms with Crippen LogP contribution in [0.25, 0.3) is 0 Å². The second kappa shape index (κ2) is 5.70. The second-order valence-corrected chi connectivity index (χ2v) is 2.90. The van der Waals surface area contributed by atoms with Crippen LogP contribution in [0.4, 0.5) is 0 Å². The summed E-state index contributed by atoms with van der Waals surface area (Å²) >= 11 is 0. The summed E-state index contributed by atoms with van der Waals surface area (Å²) in [6, 6.07) is 0. The maximum atomic E-state index is 9.69. The van der Waals surface area contributed by atoms with Crippen molar-refractivity contribution in [1.82, 2.24) is 0 Å². The highest BCUT2D eigenvalue weighted by atomic mass is 16.5.